The van der Waals surface area contributed by atoms with Crippen molar-refractivity contribution < 1.29 is 13.9 Å². The fraction of sp³-hybridized carbons (Fsp3) is 0.417. The van der Waals surface area contributed by atoms with Gasteiger partial charge in [-0.25, -0.2) is 4.39 Å². The molecule has 1 N–H and O–H groups in total. The van der Waals surface area contributed by atoms with Gasteiger partial charge in [0.15, 0.2) is 0 Å². The van der Waals surface area contributed by atoms with E-state index in [-0.39, 0.29) is 24.4 Å². The number of rotatable bonds is 3. The van der Waals surface area contributed by atoms with E-state index in [1.807, 2.05) is 7.05 Å². The van der Waals surface area contributed by atoms with Crippen LogP contribution in [-0.2, 0) is 9.53 Å². The Hall–Kier alpha value is -1.46. The SMILES string of the molecule is CNCC1COCC(=O)N1c1ccc(F)cc1. The first-order chi connectivity index (χ1) is 8.22. The quantitative estimate of drug-likeness (QED) is 0.846. The van der Waals surface area contributed by atoms with Crippen molar-refractivity contribution in [2.45, 2.75) is 6.04 Å². The number of nitrogens with one attached hydrogen (secondary N) is 1. The largest absolute Gasteiger partial charge is 0.369 e. The molecule has 1 atom stereocenters. The molecule has 0 spiro atoms. The van der Waals surface area contributed by atoms with Gasteiger partial charge in [-0.05, 0) is 31.3 Å². The van der Waals surface area contributed by atoms with Gasteiger partial charge in [0.1, 0.15) is 12.4 Å². The molecule has 1 saturated heterocycles. The molecule has 1 aliphatic rings. The van der Waals surface area contributed by atoms with Crippen molar-refractivity contribution in [1.29, 1.82) is 0 Å². The molecule has 17 heavy (non-hydrogen) atoms. The van der Waals surface area contributed by atoms with E-state index in [1.165, 1.54) is 12.1 Å². The number of benzene rings is 1. The van der Waals surface area contributed by atoms with E-state index in [4.69, 9.17) is 4.74 Å². The number of ether oxygens (including phenoxy) is 1. The third-order valence-corrected chi connectivity index (χ3v) is 2.71. The molecule has 1 amide bonds. The topological polar surface area (TPSA) is 41.6 Å². The summed E-state index contributed by atoms with van der Waals surface area (Å²) in [5.41, 5.74) is 0.708. The van der Waals surface area contributed by atoms with Crippen LogP contribution in [0.4, 0.5) is 10.1 Å². The number of nitrogens with zero attached hydrogens (tertiary/aromatic N) is 1. The maximum absolute atomic E-state index is 12.9. The van der Waals surface area contributed by atoms with Crippen LogP contribution in [0.1, 0.15) is 0 Å². The summed E-state index contributed by atoms with van der Waals surface area (Å²) < 4.78 is 18.1. The van der Waals surface area contributed by atoms with Crippen LogP contribution >= 0.6 is 0 Å². The molecule has 0 aromatic heterocycles. The highest BCUT2D eigenvalue weighted by Crippen LogP contribution is 2.20. The summed E-state index contributed by atoms with van der Waals surface area (Å²) >= 11 is 0. The van der Waals surface area contributed by atoms with Crippen molar-refractivity contribution in [1.82, 2.24) is 5.32 Å². The minimum absolute atomic E-state index is 0.0493. The molecule has 1 fully saturated rings. The van der Waals surface area contributed by atoms with Crippen molar-refractivity contribution in [3.8, 4) is 0 Å². The Kier molecular flexibility index (Phi) is 3.71. The molecule has 1 unspecified atom stereocenters. The molecule has 0 aliphatic carbocycles. The molecular weight excluding hydrogens is 223 g/mol. The predicted molar refractivity (Wildman–Crippen MR) is 62.4 cm³/mol. The summed E-state index contributed by atoms with van der Waals surface area (Å²) in [5, 5.41) is 3.02. The van der Waals surface area contributed by atoms with Gasteiger partial charge in [0.25, 0.3) is 5.91 Å². The maximum atomic E-state index is 12.9. The Bertz CT molecular complexity index is 392. The van der Waals surface area contributed by atoms with E-state index in [2.05, 4.69) is 5.32 Å². The highest BCUT2D eigenvalue weighted by molar-refractivity contribution is 5.95. The average molecular weight is 238 g/mol. The molecule has 1 aromatic rings. The van der Waals surface area contributed by atoms with Crippen LogP contribution in [-0.4, -0.2) is 38.8 Å². The summed E-state index contributed by atoms with van der Waals surface area (Å²) in [6.07, 6.45) is 0. The van der Waals surface area contributed by atoms with Gasteiger partial charge >= 0.3 is 0 Å². The molecule has 0 bridgehead atoms. The predicted octanol–water partition coefficient (Wildman–Crippen LogP) is 0.777. The molecular formula is C12H15FN2O2. The lowest BCUT2D eigenvalue weighted by Gasteiger charge is -2.35. The van der Waals surface area contributed by atoms with E-state index in [0.29, 0.717) is 18.8 Å². The highest BCUT2D eigenvalue weighted by Gasteiger charge is 2.29. The normalized spacial score (nSPS) is 20.7. The van der Waals surface area contributed by atoms with Crippen LogP contribution in [0.5, 0.6) is 0 Å². The molecule has 1 aliphatic heterocycles. The first-order valence-electron chi connectivity index (χ1n) is 5.52. The third kappa shape index (κ3) is 2.62. The third-order valence-electron chi connectivity index (χ3n) is 2.71. The van der Waals surface area contributed by atoms with E-state index in [0.717, 1.165) is 0 Å². The monoisotopic (exact) mass is 238 g/mol. The second-order valence-electron chi connectivity index (χ2n) is 3.97. The van der Waals surface area contributed by atoms with Gasteiger partial charge in [-0.15, -0.1) is 0 Å². The fourth-order valence-corrected chi connectivity index (χ4v) is 1.97. The maximum Gasteiger partial charge on any atom is 0.253 e. The number of carbonyl (C=O) groups is 1. The van der Waals surface area contributed by atoms with Crippen LogP contribution in [0.3, 0.4) is 0 Å². The summed E-state index contributed by atoms with van der Waals surface area (Å²) in [4.78, 5) is 13.5. The zero-order valence-corrected chi connectivity index (χ0v) is 9.65. The molecule has 1 heterocycles. The van der Waals surface area contributed by atoms with Crippen molar-refractivity contribution in [2.75, 3.05) is 31.7 Å². The molecule has 5 heteroatoms. The van der Waals surface area contributed by atoms with Gasteiger partial charge in [-0.3, -0.25) is 4.79 Å². The molecule has 0 saturated carbocycles. The van der Waals surface area contributed by atoms with Gasteiger partial charge in [0.05, 0.1) is 12.6 Å². The summed E-state index contributed by atoms with van der Waals surface area (Å²) in [5.74, 6) is -0.400. The first-order valence-corrected chi connectivity index (χ1v) is 5.52. The minimum Gasteiger partial charge on any atom is -0.369 e. The Labute approximate surface area is 99.4 Å². The van der Waals surface area contributed by atoms with Gasteiger partial charge in [0, 0.05) is 12.2 Å². The van der Waals surface area contributed by atoms with Crippen LogP contribution < -0.4 is 10.2 Å². The second-order valence-corrected chi connectivity index (χ2v) is 3.97. The van der Waals surface area contributed by atoms with Crippen molar-refractivity contribution >= 4 is 11.6 Å². The van der Waals surface area contributed by atoms with E-state index < -0.39 is 0 Å². The Morgan fingerprint density at radius 2 is 2.18 bits per heavy atom. The number of hydrogen-bond acceptors (Lipinski definition) is 3. The summed E-state index contributed by atoms with van der Waals surface area (Å²) in [6, 6.07) is 5.89. The molecule has 92 valence electrons. The van der Waals surface area contributed by atoms with Crippen molar-refractivity contribution in [2.24, 2.45) is 0 Å². The lowest BCUT2D eigenvalue weighted by Crippen LogP contribution is -2.53. The van der Waals surface area contributed by atoms with Crippen LogP contribution in [0.2, 0.25) is 0 Å². The van der Waals surface area contributed by atoms with Gasteiger partial charge < -0.3 is 15.0 Å². The van der Waals surface area contributed by atoms with Crippen LogP contribution in [0.25, 0.3) is 0 Å². The number of likely N-dealkylation sites (N-methyl/N-ethyl adjacent to an activating group) is 1. The number of hydrogen-bond donors (Lipinski definition) is 1. The Balaban J connectivity index is 2.24. The minimum atomic E-state index is -0.306. The number of carbonyl (C=O) groups excluding carboxylic acids is 1. The average Bonchev–Trinajstić information content (AvgIpc) is 2.32. The molecule has 4 nitrogen and oxygen atoms in total. The first kappa shape index (κ1) is 12.0. The summed E-state index contributed by atoms with van der Waals surface area (Å²) in [6.45, 7) is 1.21. The van der Waals surface area contributed by atoms with Crippen LogP contribution in [0, 0.1) is 5.82 Å². The van der Waals surface area contributed by atoms with E-state index >= 15 is 0 Å². The number of anilines is 1. The van der Waals surface area contributed by atoms with Gasteiger partial charge in [-0.2, -0.15) is 0 Å². The number of morpholine rings is 1. The summed E-state index contributed by atoms with van der Waals surface area (Å²) in [7, 11) is 1.82. The molecule has 0 radical (unpaired) electrons. The highest BCUT2D eigenvalue weighted by atomic mass is 19.1. The van der Waals surface area contributed by atoms with E-state index in [9.17, 15) is 9.18 Å². The van der Waals surface area contributed by atoms with E-state index in [1.54, 1.807) is 17.0 Å². The van der Waals surface area contributed by atoms with Crippen molar-refractivity contribution in [3.63, 3.8) is 0 Å². The smallest absolute Gasteiger partial charge is 0.253 e. The second kappa shape index (κ2) is 5.25. The standard InChI is InChI=1S/C12H15FN2O2/c1-14-6-11-7-17-8-12(16)15(11)10-4-2-9(13)3-5-10/h2-5,11,14H,6-8H2,1H3. The Morgan fingerprint density at radius 1 is 1.47 bits per heavy atom. The van der Waals surface area contributed by atoms with Gasteiger partial charge in [-0.1, -0.05) is 0 Å². The molecule has 1 aromatic carbocycles. The van der Waals surface area contributed by atoms with Crippen LogP contribution in [0.15, 0.2) is 24.3 Å². The number of halogens is 1. The lowest BCUT2D eigenvalue weighted by atomic mass is 10.1. The number of amides is 1. The lowest BCUT2D eigenvalue weighted by molar-refractivity contribution is -0.127. The zero-order valence-electron chi connectivity index (χ0n) is 9.65. The fourth-order valence-electron chi connectivity index (χ4n) is 1.97. The Morgan fingerprint density at radius 3 is 2.82 bits per heavy atom. The van der Waals surface area contributed by atoms with Crippen molar-refractivity contribution in [3.05, 3.63) is 30.1 Å². The zero-order chi connectivity index (χ0) is 12.3. The van der Waals surface area contributed by atoms with Gasteiger partial charge in [0.2, 0.25) is 0 Å². The molecule has 2 rings (SSSR count).